The maximum absolute atomic E-state index is 9.75. The summed E-state index contributed by atoms with van der Waals surface area (Å²) in [6, 6.07) is 39.7. The zero-order valence-electron chi connectivity index (χ0n) is 21.1. The lowest BCUT2D eigenvalue weighted by atomic mass is 10.1. The van der Waals surface area contributed by atoms with Gasteiger partial charge in [0.2, 0.25) is 5.69 Å². The van der Waals surface area contributed by atoms with Crippen LogP contribution in [0.15, 0.2) is 138 Å². The van der Waals surface area contributed by atoms with Crippen molar-refractivity contribution in [2.75, 3.05) is 10.6 Å². The Hall–Kier alpha value is -4.59. The van der Waals surface area contributed by atoms with Crippen molar-refractivity contribution in [3.05, 3.63) is 138 Å². The van der Waals surface area contributed by atoms with Crippen LogP contribution in [-0.4, -0.2) is 13.5 Å². The zero-order valence-corrected chi connectivity index (χ0v) is 21.1. The summed E-state index contributed by atoms with van der Waals surface area (Å²) in [7, 11) is -6.00. The number of hydrogen-bond donors (Lipinski definition) is 3. The van der Waals surface area contributed by atoms with E-state index in [0.717, 1.165) is 35.6 Å². The highest BCUT2D eigenvalue weighted by molar-refractivity contribution is 6.50. The lowest BCUT2D eigenvalue weighted by Gasteiger charge is -2.12. The van der Waals surface area contributed by atoms with Crippen molar-refractivity contribution >= 4 is 30.5 Å². The van der Waals surface area contributed by atoms with E-state index >= 15 is 0 Å². The Kier molecular flexibility index (Phi) is 9.35. The topological polar surface area (TPSA) is 38.0 Å². The van der Waals surface area contributed by atoms with Gasteiger partial charge in [0, 0.05) is 35.3 Å². The van der Waals surface area contributed by atoms with E-state index in [1.807, 2.05) is 42.5 Å². The van der Waals surface area contributed by atoms with Crippen molar-refractivity contribution < 1.29 is 22.3 Å². The minimum absolute atomic E-state index is 0.979. The molecule has 0 radical (unpaired) electrons. The van der Waals surface area contributed by atoms with Crippen molar-refractivity contribution in [2.45, 2.75) is 12.8 Å². The second-order valence-electron chi connectivity index (χ2n) is 8.80. The third kappa shape index (κ3) is 9.03. The van der Waals surface area contributed by atoms with Crippen LogP contribution in [0.1, 0.15) is 12.8 Å². The summed E-state index contributed by atoms with van der Waals surface area (Å²) in [6.45, 7) is 0. The lowest BCUT2D eigenvalue weighted by molar-refractivity contribution is -0.347. The molecule has 5 rings (SSSR count). The summed E-state index contributed by atoms with van der Waals surface area (Å²) in [4.78, 5) is 3.46. The number of halogens is 4. The quantitative estimate of drug-likeness (QED) is 0.131. The third-order valence-electron chi connectivity index (χ3n) is 5.94. The highest BCUT2D eigenvalue weighted by Gasteiger charge is 2.21. The Labute approximate surface area is 225 Å². The maximum Gasteiger partial charge on any atom is 0.673 e. The standard InChI is InChI=1S/C31H27N3.BF4/c1-4-10-24(11-5-1)25-18-20-30(21-19-25)34-31-26(22-32-28-12-6-2-7-13-28)16-17-27(31)23-33-29-14-8-3-9-15-29;2-1(3,4)5/h1-15,18-23,32,34H,16-17H2;/q;-1/p+1/b26-22+,33-23?;. The third-order valence-corrected chi connectivity index (χ3v) is 5.94. The average molecular weight is 529 g/mol. The first-order chi connectivity index (χ1) is 18.8. The average Bonchev–Trinajstić information content (AvgIpc) is 3.33. The molecular weight excluding hydrogens is 501 g/mol. The molecule has 0 bridgehead atoms. The van der Waals surface area contributed by atoms with Gasteiger partial charge < -0.3 is 27.9 Å². The second kappa shape index (κ2) is 13.3. The molecule has 0 saturated carbocycles. The van der Waals surface area contributed by atoms with Gasteiger partial charge in [-0.15, -0.1) is 0 Å². The smallest absolute Gasteiger partial charge is 0.418 e. The summed E-state index contributed by atoms with van der Waals surface area (Å²) in [5, 5.41) is 7.15. The Morgan fingerprint density at radius 3 is 1.77 bits per heavy atom. The van der Waals surface area contributed by atoms with Gasteiger partial charge >= 0.3 is 7.25 Å². The van der Waals surface area contributed by atoms with Crippen molar-refractivity contribution in [2.24, 2.45) is 0 Å². The Morgan fingerprint density at radius 1 is 0.615 bits per heavy atom. The first kappa shape index (κ1) is 27.4. The van der Waals surface area contributed by atoms with E-state index in [2.05, 4.69) is 101 Å². The number of benzene rings is 4. The van der Waals surface area contributed by atoms with Crippen molar-refractivity contribution in [3.8, 4) is 11.1 Å². The summed E-state index contributed by atoms with van der Waals surface area (Å²) in [5.74, 6) is 0. The highest BCUT2D eigenvalue weighted by Crippen LogP contribution is 2.32. The van der Waals surface area contributed by atoms with E-state index < -0.39 is 7.25 Å². The second-order valence-corrected chi connectivity index (χ2v) is 8.80. The van der Waals surface area contributed by atoms with Crippen LogP contribution in [0.5, 0.6) is 0 Å². The molecule has 4 aromatic carbocycles. The Balaban J connectivity index is 0.000000648. The Morgan fingerprint density at radius 2 is 1.15 bits per heavy atom. The van der Waals surface area contributed by atoms with Gasteiger partial charge in [-0.05, 0) is 53.8 Å². The van der Waals surface area contributed by atoms with E-state index in [4.69, 9.17) is 0 Å². The van der Waals surface area contributed by atoms with Crippen LogP contribution in [0.3, 0.4) is 0 Å². The number of para-hydroxylation sites is 2. The normalized spacial score (nSPS) is 14.3. The largest absolute Gasteiger partial charge is 0.673 e. The minimum atomic E-state index is -6.00. The first-order valence-corrected chi connectivity index (χ1v) is 12.5. The molecule has 0 aliphatic heterocycles. The van der Waals surface area contributed by atoms with Gasteiger partial charge in [-0.3, -0.25) is 0 Å². The predicted octanol–water partition coefficient (Wildman–Crippen LogP) is 7.59. The summed E-state index contributed by atoms with van der Waals surface area (Å²) < 4.78 is 39.0. The zero-order chi connectivity index (χ0) is 27.5. The van der Waals surface area contributed by atoms with E-state index in [-0.39, 0.29) is 0 Å². The minimum Gasteiger partial charge on any atom is -0.418 e. The molecule has 0 unspecified atom stereocenters. The maximum atomic E-state index is 9.75. The number of rotatable bonds is 7. The molecule has 1 aliphatic carbocycles. The molecule has 0 amide bonds. The van der Waals surface area contributed by atoms with Gasteiger partial charge in [0.05, 0.1) is 5.70 Å². The van der Waals surface area contributed by atoms with Crippen LogP contribution in [0.25, 0.3) is 11.1 Å². The predicted molar refractivity (Wildman–Crippen MR) is 153 cm³/mol. The number of hydrogen-bond acceptors (Lipinski definition) is 2. The van der Waals surface area contributed by atoms with Crippen molar-refractivity contribution in [1.29, 1.82) is 0 Å². The first-order valence-electron chi connectivity index (χ1n) is 12.5. The molecule has 198 valence electrons. The van der Waals surface area contributed by atoms with E-state index in [9.17, 15) is 17.3 Å². The fraction of sp³-hybridized carbons (Fsp3) is 0.0645. The number of anilines is 2. The van der Waals surface area contributed by atoms with Crippen molar-refractivity contribution in [1.82, 2.24) is 0 Å². The van der Waals surface area contributed by atoms with Crippen LogP contribution in [0, 0.1) is 0 Å². The van der Waals surface area contributed by atoms with Gasteiger partial charge in [-0.1, -0.05) is 78.9 Å². The molecule has 0 spiro atoms. The summed E-state index contributed by atoms with van der Waals surface area (Å²) >= 11 is 0. The summed E-state index contributed by atoms with van der Waals surface area (Å²) in [6.07, 6.45) is 6.21. The van der Waals surface area contributed by atoms with E-state index in [0.29, 0.717) is 0 Å². The van der Waals surface area contributed by atoms with Gasteiger partial charge in [-0.25, -0.2) is 4.99 Å². The SMILES string of the molecule is C(=[NH+]c1ccccc1)C1=C(Nc2ccc(-c3ccccc3)cc2)/C(=C/Nc2ccccc2)CC1.F[B-](F)(F)F. The molecule has 0 atom stereocenters. The molecule has 3 nitrogen and oxygen atoms in total. The van der Waals surface area contributed by atoms with Crippen LogP contribution in [-0.2, 0) is 0 Å². The molecule has 0 fully saturated rings. The summed E-state index contributed by atoms with van der Waals surface area (Å²) in [5.41, 5.74) is 9.36. The van der Waals surface area contributed by atoms with Crippen LogP contribution in [0.4, 0.5) is 34.3 Å². The van der Waals surface area contributed by atoms with Crippen LogP contribution in [0.2, 0.25) is 0 Å². The van der Waals surface area contributed by atoms with Crippen LogP contribution >= 0.6 is 0 Å². The van der Waals surface area contributed by atoms with Crippen molar-refractivity contribution in [3.63, 3.8) is 0 Å². The molecule has 4 aromatic rings. The molecular formula is C31H28BF4N3. The number of nitrogens with one attached hydrogen (secondary N) is 3. The monoisotopic (exact) mass is 529 g/mol. The molecule has 1 aliphatic rings. The molecule has 0 saturated heterocycles. The van der Waals surface area contributed by atoms with Gasteiger partial charge in [0.15, 0.2) is 6.21 Å². The van der Waals surface area contributed by atoms with Gasteiger partial charge in [-0.2, -0.15) is 0 Å². The number of allylic oxidation sites excluding steroid dienone is 2. The van der Waals surface area contributed by atoms with Gasteiger partial charge in [0.25, 0.3) is 0 Å². The molecule has 0 heterocycles. The molecule has 8 heteroatoms. The Bertz CT molecular complexity index is 1410. The molecule has 0 aromatic heterocycles. The fourth-order valence-electron chi connectivity index (χ4n) is 4.11. The van der Waals surface area contributed by atoms with Gasteiger partial charge in [0.1, 0.15) is 0 Å². The van der Waals surface area contributed by atoms with E-state index in [1.54, 1.807) is 0 Å². The van der Waals surface area contributed by atoms with Crippen LogP contribution < -0.4 is 15.6 Å². The lowest BCUT2D eigenvalue weighted by Crippen LogP contribution is -2.61. The molecule has 39 heavy (non-hydrogen) atoms. The highest BCUT2D eigenvalue weighted by atomic mass is 19.5. The fourth-order valence-corrected chi connectivity index (χ4v) is 4.11. The van der Waals surface area contributed by atoms with E-state index in [1.165, 1.54) is 22.3 Å². The molecule has 3 N–H and O–H groups in total.